The van der Waals surface area contributed by atoms with E-state index < -0.39 is 0 Å². The van der Waals surface area contributed by atoms with E-state index in [2.05, 4.69) is 115 Å². The zero-order chi connectivity index (χ0) is 38.6. The summed E-state index contributed by atoms with van der Waals surface area (Å²) in [5, 5.41) is 38.0. The number of rotatable bonds is 2. The highest BCUT2D eigenvalue weighted by Gasteiger charge is 2.59. The van der Waals surface area contributed by atoms with Crippen molar-refractivity contribution in [3.63, 3.8) is 0 Å². The summed E-state index contributed by atoms with van der Waals surface area (Å²) >= 11 is 0. The minimum Gasteiger partial charge on any atom is -0.349 e. The van der Waals surface area contributed by atoms with Gasteiger partial charge in [-0.2, -0.15) is 0 Å². The van der Waals surface area contributed by atoms with Crippen molar-refractivity contribution in [1.29, 1.82) is 0 Å². The fourth-order valence-corrected chi connectivity index (χ4v) is 15.1. The van der Waals surface area contributed by atoms with Gasteiger partial charge in [0.25, 0.3) is 5.91 Å². The van der Waals surface area contributed by atoms with E-state index in [1.165, 1.54) is 51.4 Å². The number of carbonyl (C=O) groups excluding carboxylic acids is 1. The van der Waals surface area contributed by atoms with Crippen LogP contribution in [0.25, 0.3) is 0 Å². The van der Waals surface area contributed by atoms with E-state index in [4.69, 9.17) is 0 Å². The van der Waals surface area contributed by atoms with Crippen molar-refractivity contribution < 1.29 is 4.79 Å². The van der Waals surface area contributed by atoms with Crippen molar-refractivity contribution in [2.24, 2.45) is 76.9 Å². The van der Waals surface area contributed by atoms with E-state index in [1.807, 2.05) is 0 Å². The Bertz CT molecular complexity index is 1610. The molecule has 9 N–H and O–H groups in total. The summed E-state index contributed by atoms with van der Waals surface area (Å²) in [5.74, 6) is 7.59. The fourth-order valence-electron chi connectivity index (χ4n) is 15.1. The molecule has 56 heavy (non-hydrogen) atoms. The zero-order valence-electron chi connectivity index (χ0n) is 35.4. The molecule has 10 heteroatoms. The van der Waals surface area contributed by atoms with Gasteiger partial charge in [-0.05, 0) is 141 Å². The average Bonchev–Trinajstić information content (AvgIpc) is 3.93. The van der Waals surface area contributed by atoms with Crippen LogP contribution in [0.5, 0.6) is 0 Å². The Morgan fingerprint density at radius 1 is 0.482 bits per heavy atom. The zero-order valence-corrected chi connectivity index (χ0v) is 35.4. The number of carbonyl (C=O) groups is 1. The van der Waals surface area contributed by atoms with Crippen molar-refractivity contribution in [1.82, 2.24) is 47.9 Å². The Morgan fingerprint density at radius 3 is 1.38 bits per heavy atom. The third kappa shape index (κ3) is 6.45. The van der Waals surface area contributed by atoms with Crippen molar-refractivity contribution >= 4 is 5.91 Å². The Balaban J connectivity index is 0.991. The van der Waals surface area contributed by atoms with Crippen LogP contribution >= 0.6 is 0 Å². The molecule has 9 fully saturated rings. The van der Waals surface area contributed by atoms with Crippen molar-refractivity contribution in [3.05, 3.63) is 34.9 Å². The molecule has 5 aliphatic heterocycles. The van der Waals surface area contributed by atoms with Gasteiger partial charge >= 0.3 is 0 Å². The highest BCUT2D eigenvalue weighted by molar-refractivity contribution is 5.96. The largest absolute Gasteiger partial charge is 0.349 e. The number of amides is 1. The van der Waals surface area contributed by atoms with Crippen LogP contribution < -0.4 is 47.9 Å². The average molecular weight is 770 g/mol. The molecule has 10 nitrogen and oxygen atoms in total. The van der Waals surface area contributed by atoms with Gasteiger partial charge in [-0.3, -0.25) is 47.3 Å². The molecule has 1 aromatic carbocycles. The van der Waals surface area contributed by atoms with E-state index in [9.17, 15) is 4.79 Å². The molecule has 4 saturated carbocycles. The van der Waals surface area contributed by atoms with E-state index in [0.29, 0.717) is 95.4 Å². The number of hydrogen-bond donors (Lipinski definition) is 9. The topological polar surface area (TPSA) is 125 Å². The third-order valence-electron chi connectivity index (χ3n) is 18.6. The SMILES string of the molecule is Cc1ccc(C)c(C(=O)NC2CCC3C4NC5NC(NC6NC(NC7NC(NC(N4)C3C2C)C2C(C)C(C)C(C)C(C)C72)C2CCCCC62)C2CCCCC52)c1. The summed E-state index contributed by atoms with van der Waals surface area (Å²) in [6.07, 6.45) is 14.9. The van der Waals surface area contributed by atoms with Gasteiger partial charge in [-0.1, -0.05) is 78.0 Å². The Labute approximate surface area is 337 Å². The van der Waals surface area contributed by atoms with Gasteiger partial charge in [0.15, 0.2) is 0 Å². The lowest BCUT2D eigenvalue weighted by Crippen LogP contribution is -2.62. The maximum Gasteiger partial charge on any atom is 0.251 e. The van der Waals surface area contributed by atoms with Crippen LogP contribution in [0.2, 0.25) is 0 Å². The van der Waals surface area contributed by atoms with Gasteiger partial charge in [0, 0.05) is 11.6 Å². The van der Waals surface area contributed by atoms with Crippen LogP contribution in [-0.4, -0.2) is 61.3 Å². The summed E-state index contributed by atoms with van der Waals surface area (Å²) in [4.78, 5) is 13.9. The van der Waals surface area contributed by atoms with E-state index >= 15 is 0 Å². The van der Waals surface area contributed by atoms with Gasteiger partial charge in [0.2, 0.25) is 0 Å². The highest BCUT2D eigenvalue weighted by Crippen LogP contribution is 2.52. The lowest BCUT2D eigenvalue weighted by Gasteiger charge is -2.48. The molecule has 0 aromatic heterocycles. The fraction of sp³-hybridized carbons (Fsp3) is 0.848. The van der Waals surface area contributed by atoms with Crippen LogP contribution in [-0.2, 0) is 0 Å². The molecular weight excluding hydrogens is 695 g/mol. The van der Waals surface area contributed by atoms with Crippen LogP contribution in [0.4, 0.5) is 0 Å². The Hall–Kier alpha value is -1.63. The number of aryl methyl sites for hydroxylation is 2. The first-order valence-electron chi connectivity index (χ1n) is 23.5. The molecule has 310 valence electrons. The van der Waals surface area contributed by atoms with Gasteiger partial charge in [0.1, 0.15) is 0 Å². The van der Waals surface area contributed by atoms with E-state index in [-0.39, 0.29) is 42.8 Å². The third-order valence-corrected chi connectivity index (χ3v) is 18.6. The van der Waals surface area contributed by atoms with Gasteiger partial charge < -0.3 is 5.32 Å². The first kappa shape index (κ1) is 38.6. The number of fused-ring (bicyclic) bond motifs is 20. The molecule has 5 heterocycles. The highest BCUT2D eigenvalue weighted by atomic mass is 16.1. The Kier molecular flexibility index (Phi) is 10.4. The lowest BCUT2D eigenvalue weighted by atomic mass is 9.58. The molecule has 10 rings (SSSR count). The first-order valence-corrected chi connectivity index (χ1v) is 23.5. The molecule has 22 unspecified atom stereocenters. The number of nitrogens with one attached hydrogen (secondary N) is 9. The van der Waals surface area contributed by atoms with Crippen molar-refractivity contribution in [2.45, 2.75) is 168 Å². The summed E-state index contributed by atoms with van der Waals surface area (Å²) in [7, 11) is 0. The van der Waals surface area contributed by atoms with Crippen LogP contribution in [0.3, 0.4) is 0 Å². The number of hydrogen-bond acceptors (Lipinski definition) is 9. The minimum absolute atomic E-state index is 0.0830. The summed E-state index contributed by atoms with van der Waals surface area (Å²) in [5.41, 5.74) is 3.00. The maximum atomic E-state index is 13.9. The molecule has 0 radical (unpaired) electrons. The molecule has 8 bridgehead atoms. The molecule has 9 aliphatic rings. The van der Waals surface area contributed by atoms with Gasteiger partial charge in [-0.25, -0.2) is 0 Å². The predicted molar refractivity (Wildman–Crippen MR) is 222 cm³/mol. The van der Waals surface area contributed by atoms with Crippen molar-refractivity contribution in [3.8, 4) is 0 Å². The number of benzene rings is 1. The second-order valence-corrected chi connectivity index (χ2v) is 21.0. The summed E-state index contributed by atoms with van der Waals surface area (Å²) in [6, 6.07) is 6.40. The van der Waals surface area contributed by atoms with Crippen LogP contribution in [0, 0.1) is 90.8 Å². The molecule has 1 aromatic rings. The maximum absolute atomic E-state index is 13.9. The van der Waals surface area contributed by atoms with Gasteiger partial charge in [0.05, 0.1) is 49.3 Å². The molecule has 4 aliphatic carbocycles. The second-order valence-electron chi connectivity index (χ2n) is 21.0. The quantitative estimate of drug-likeness (QED) is 0.208. The monoisotopic (exact) mass is 770 g/mol. The summed E-state index contributed by atoms with van der Waals surface area (Å²) in [6.45, 7) is 16.7. The summed E-state index contributed by atoms with van der Waals surface area (Å²) < 4.78 is 0. The minimum atomic E-state index is 0.0830. The van der Waals surface area contributed by atoms with Gasteiger partial charge in [-0.15, -0.1) is 0 Å². The van der Waals surface area contributed by atoms with Crippen molar-refractivity contribution in [2.75, 3.05) is 0 Å². The molecular formula is C46H75N9O. The van der Waals surface area contributed by atoms with Crippen LogP contribution in [0.1, 0.15) is 120 Å². The second kappa shape index (κ2) is 15.1. The Morgan fingerprint density at radius 2 is 0.893 bits per heavy atom. The smallest absolute Gasteiger partial charge is 0.251 e. The molecule has 0 spiro atoms. The van der Waals surface area contributed by atoms with E-state index in [0.717, 1.165) is 29.5 Å². The lowest BCUT2D eigenvalue weighted by molar-refractivity contribution is 0.00401. The molecule has 22 atom stereocenters. The van der Waals surface area contributed by atoms with Crippen LogP contribution in [0.15, 0.2) is 18.2 Å². The standard InChI is InChI=1S/C46H75N9O/c1-21-16-17-22(2)33(20-21)46(56)47-34-19-18-32-35(27(34)7)43-53-42(32)51-40-29-13-9-8-12-28(29)38(49-40)48-39-30-14-10-11-15-31(30)41(50-39)52-44-36-25(5)23(3)24(4)26(6)37(36)45(54-43)55-44/h16-17,20,23-32,34-45,48-55H,8-15,18-19H2,1-7H3,(H,47,56). The predicted octanol–water partition coefficient (Wildman–Crippen LogP) is 4.86. The molecule has 1 amide bonds. The van der Waals surface area contributed by atoms with E-state index in [1.54, 1.807) is 0 Å². The normalized spacial score (nSPS) is 52.4. The first-order chi connectivity index (χ1) is 27.0. The molecule has 5 saturated heterocycles.